The van der Waals surface area contributed by atoms with Crippen LogP contribution >= 0.6 is 23.4 Å². The molecule has 2 nitrogen and oxygen atoms in total. The molecule has 4 heteroatoms. The quantitative estimate of drug-likeness (QED) is 0.307. The minimum Gasteiger partial charge on any atom is -0.378 e. The lowest BCUT2D eigenvalue weighted by Crippen LogP contribution is -2.05. The second kappa shape index (κ2) is 13.0. The van der Waals surface area contributed by atoms with E-state index in [9.17, 15) is 0 Å². The van der Waals surface area contributed by atoms with Gasteiger partial charge in [0, 0.05) is 6.38 Å². The molecule has 0 radical (unpaired) electrons. The van der Waals surface area contributed by atoms with Crippen LogP contribution in [0.15, 0.2) is 84.4 Å². The number of halogens is 1. The fraction of sp³-hybridized carbons (Fsp3) is 0.174. The number of benzene rings is 3. The summed E-state index contributed by atoms with van der Waals surface area (Å²) in [5.74, 6) is 0. The van der Waals surface area contributed by atoms with Gasteiger partial charge in [-0.25, -0.2) is 4.99 Å². The fourth-order valence-electron chi connectivity index (χ4n) is 2.47. The van der Waals surface area contributed by atoms with Crippen LogP contribution in [0.1, 0.15) is 18.1 Å². The second-order valence-electron chi connectivity index (χ2n) is 5.46. The van der Waals surface area contributed by atoms with Crippen LogP contribution in [-0.2, 0) is 6.42 Å². The molecule has 3 rings (SSSR count). The molecule has 0 saturated carbocycles. The Hall–Kier alpha value is -2.23. The molecular weight excluding hydrogens is 372 g/mol. The molecule has 0 aliphatic heterocycles. The first-order chi connectivity index (χ1) is 13.2. The van der Waals surface area contributed by atoms with Gasteiger partial charge >= 0.3 is 0 Å². The van der Waals surface area contributed by atoms with Crippen molar-refractivity contribution in [2.45, 2.75) is 13.3 Å². The highest BCUT2D eigenvalue weighted by molar-refractivity contribution is 8.13. The van der Waals surface area contributed by atoms with E-state index in [0.717, 1.165) is 12.0 Å². The van der Waals surface area contributed by atoms with Crippen molar-refractivity contribution in [3.05, 3.63) is 90.5 Å². The molecular formula is C23H27ClN2S. The van der Waals surface area contributed by atoms with Gasteiger partial charge in [-0.2, -0.15) is 0 Å². The molecule has 0 spiro atoms. The maximum Gasteiger partial charge on any atom is 0.158 e. The van der Waals surface area contributed by atoms with Crippen molar-refractivity contribution in [3.63, 3.8) is 0 Å². The smallest absolute Gasteiger partial charge is 0.158 e. The molecule has 0 aliphatic rings. The zero-order valence-corrected chi connectivity index (χ0v) is 17.7. The zero-order valence-electron chi connectivity index (χ0n) is 16.2. The van der Waals surface area contributed by atoms with Gasteiger partial charge in [0.2, 0.25) is 0 Å². The summed E-state index contributed by atoms with van der Waals surface area (Å²) >= 11 is 6.05. The summed E-state index contributed by atoms with van der Waals surface area (Å²) < 4.78 is 0. The average Bonchev–Trinajstić information content (AvgIpc) is 2.75. The van der Waals surface area contributed by atoms with Crippen LogP contribution in [0.4, 0.5) is 0 Å². The Balaban J connectivity index is 0.000000248. The van der Waals surface area contributed by atoms with Crippen LogP contribution in [0, 0.1) is 0 Å². The second-order valence-corrected chi connectivity index (χ2v) is 6.29. The molecule has 0 aliphatic carbocycles. The van der Waals surface area contributed by atoms with E-state index in [1.54, 1.807) is 0 Å². The summed E-state index contributed by atoms with van der Waals surface area (Å²) in [5.41, 5.74) is 8.70. The van der Waals surface area contributed by atoms with Crippen LogP contribution in [0.25, 0.3) is 16.5 Å². The van der Waals surface area contributed by atoms with Gasteiger partial charge in [-0.3, -0.25) is 0 Å². The third-order valence-corrected chi connectivity index (χ3v) is 4.33. The number of hydrogen-bond acceptors (Lipinski definition) is 2. The number of amidine groups is 1. The molecule has 3 aromatic carbocycles. The van der Waals surface area contributed by atoms with Crippen LogP contribution in [0.2, 0.25) is 0 Å². The summed E-state index contributed by atoms with van der Waals surface area (Å²) in [6.07, 6.45) is 4.47. The highest BCUT2D eigenvalue weighted by Crippen LogP contribution is 2.18. The Labute approximate surface area is 172 Å². The summed E-state index contributed by atoms with van der Waals surface area (Å²) in [5, 5.41) is 3.27. The van der Waals surface area contributed by atoms with E-state index in [4.69, 9.17) is 5.73 Å². The van der Waals surface area contributed by atoms with Gasteiger partial charge in [-0.05, 0) is 34.6 Å². The molecule has 0 saturated heterocycles. The number of fused-ring (bicyclic) bond motifs is 1. The van der Waals surface area contributed by atoms with Crippen molar-refractivity contribution in [3.8, 4) is 0 Å². The topological polar surface area (TPSA) is 38.4 Å². The van der Waals surface area contributed by atoms with E-state index in [1.807, 2.05) is 36.6 Å². The van der Waals surface area contributed by atoms with Crippen molar-refractivity contribution in [1.29, 1.82) is 0 Å². The minimum atomic E-state index is 0.536. The Bertz CT molecular complexity index is 855. The van der Waals surface area contributed by atoms with E-state index in [1.165, 1.54) is 34.5 Å². The van der Waals surface area contributed by atoms with Gasteiger partial charge in [-0.15, -0.1) is 11.6 Å². The SMILES string of the molecule is C=C(N=C(N)SC)c1ccccc1.CCc1cccc2ccccc12.CCl. The number of thioether (sulfide) groups is 1. The summed E-state index contributed by atoms with van der Waals surface area (Å²) in [6, 6.07) is 24.8. The maximum atomic E-state index is 5.56. The number of rotatable bonds is 3. The Morgan fingerprint density at radius 3 is 2.19 bits per heavy atom. The van der Waals surface area contributed by atoms with E-state index in [-0.39, 0.29) is 0 Å². The molecule has 0 bridgehead atoms. The van der Waals surface area contributed by atoms with Gasteiger partial charge < -0.3 is 5.73 Å². The van der Waals surface area contributed by atoms with Crippen molar-refractivity contribution < 1.29 is 0 Å². The van der Waals surface area contributed by atoms with Gasteiger partial charge in [0.05, 0.1) is 5.70 Å². The molecule has 2 N–H and O–H groups in total. The van der Waals surface area contributed by atoms with Crippen molar-refractivity contribution in [1.82, 2.24) is 0 Å². The van der Waals surface area contributed by atoms with E-state index < -0.39 is 0 Å². The first-order valence-electron chi connectivity index (χ1n) is 8.62. The number of nitrogens with two attached hydrogens (primary N) is 1. The fourth-order valence-corrected chi connectivity index (χ4v) is 2.68. The monoisotopic (exact) mass is 398 g/mol. The maximum absolute atomic E-state index is 5.56. The van der Waals surface area contributed by atoms with E-state index >= 15 is 0 Å². The number of alkyl halides is 1. The molecule has 27 heavy (non-hydrogen) atoms. The molecule has 3 aromatic rings. The first kappa shape index (κ1) is 22.8. The van der Waals surface area contributed by atoms with Gasteiger partial charge in [0.15, 0.2) is 5.17 Å². The van der Waals surface area contributed by atoms with Crippen molar-refractivity contribution >= 4 is 45.0 Å². The Morgan fingerprint density at radius 1 is 0.963 bits per heavy atom. The zero-order chi connectivity index (χ0) is 20.1. The standard InChI is InChI=1S/C12H12.C10H12N2S.CH3Cl/c1-2-10-7-5-8-11-6-3-4-9-12(10)11;1-8(12-10(11)13-2)9-6-4-3-5-7-9;1-2/h3-9H,2H2,1H3;3-7H,1H2,2H3,(H2,11,12);1H3. The lowest BCUT2D eigenvalue weighted by atomic mass is 10.0. The predicted octanol–water partition coefficient (Wildman–Crippen LogP) is 6.59. The third kappa shape index (κ3) is 7.49. The van der Waals surface area contributed by atoms with Crippen molar-refractivity contribution in [2.75, 3.05) is 12.6 Å². The first-order valence-corrected chi connectivity index (χ1v) is 10.6. The average molecular weight is 399 g/mol. The number of aliphatic imine (C=N–C) groups is 1. The van der Waals surface area contributed by atoms with Gasteiger partial charge in [0.25, 0.3) is 0 Å². The normalized spacial score (nSPS) is 10.3. The van der Waals surface area contributed by atoms with Crippen LogP contribution in [0.3, 0.4) is 0 Å². The van der Waals surface area contributed by atoms with Crippen LogP contribution in [0.5, 0.6) is 0 Å². The lowest BCUT2D eigenvalue weighted by Gasteiger charge is -2.02. The highest BCUT2D eigenvalue weighted by Gasteiger charge is 1.96. The largest absolute Gasteiger partial charge is 0.378 e. The number of hydrogen-bond donors (Lipinski definition) is 1. The van der Waals surface area contributed by atoms with E-state index in [2.05, 4.69) is 72.6 Å². The molecule has 0 heterocycles. The molecule has 0 atom stereocenters. The van der Waals surface area contributed by atoms with Crippen LogP contribution < -0.4 is 5.73 Å². The summed E-state index contributed by atoms with van der Waals surface area (Å²) in [6.45, 7) is 6.03. The molecule has 142 valence electrons. The molecule has 0 unspecified atom stereocenters. The van der Waals surface area contributed by atoms with Gasteiger partial charge in [0.1, 0.15) is 0 Å². The third-order valence-electron chi connectivity index (χ3n) is 3.82. The molecule has 0 amide bonds. The predicted molar refractivity (Wildman–Crippen MR) is 126 cm³/mol. The molecule has 0 fully saturated rings. The van der Waals surface area contributed by atoms with Gasteiger partial charge in [-0.1, -0.05) is 98.1 Å². The summed E-state index contributed by atoms with van der Waals surface area (Å²) in [7, 11) is 0. The van der Waals surface area contributed by atoms with Crippen LogP contribution in [-0.4, -0.2) is 17.8 Å². The van der Waals surface area contributed by atoms with Crippen molar-refractivity contribution in [2.24, 2.45) is 10.7 Å². The molecule has 0 aromatic heterocycles. The Kier molecular flexibility index (Phi) is 11.0. The Morgan fingerprint density at radius 2 is 1.56 bits per heavy atom. The highest BCUT2D eigenvalue weighted by atomic mass is 35.5. The summed E-state index contributed by atoms with van der Waals surface area (Å²) in [4.78, 5) is 4.13. The lowest BCUT2D eigenvalue weighted by molar-refractivity contribution is 1.16. The van der Waals surface area contributed by atoms with E-state index in [0.29, 0.717) is 10.9 Å². The minimum absolute atomic E-state index is 0.536. The number of aryl methyl sites for hydroxylation is 1. The number of nitrogens with zero attached hydrogens (tertiary/aromatic N) is 1.